The molecule has 0 amide bonds. The van der Waals surface area contributed by atoms with Crippen molar-refractivity contribution < 1.29 is 9.90 Å². The lowest BCUT2D eigenvalue weighted by Crippen LogP contribution is -2.05. The van der Waals surface area contributed by atoms with Crippen LogP contribution in [0.15, 0.2) is 42.5 Å². The molecule has 4 nitrogen and oxygen atoms in total. The molecule has 2 aromatic carbocycles. The van der Waals surface area contributed by atoms with Gasteiger partial charge in [-0.15, -0.1) is 0 Å². The number of rotatable bonds is 3. The first kappa shape index (κ1) is 12.7. The number of carbonyl (C=O) groups is 1. The van der Waals surface area contributed by atoms with Gasteiger partial charge in [0.25, 0.3) is 0 Å². The fourth-order valence-electron chi connectivity index (χ4n) is 1.60. The molecule has 0 spiro atoms. The second-order valence-corrected chi connectivity index (χ2v) is 4.96. The van der Waals surface area contributed by atoms with E-state index in [0.717, 1.165) is 9.26 Å². The van der Waals surface area contributed by atoms with Gasteiger partial charge < -0.3 is 16.2 Å². The number of para-hydroxylation sites is 1. The molecule has 0 saturated carbocycles. The number of halogens is 1. The zero-order chi connectivity index (χ0) is 13.1. The van der Waals surface area contributed by atoms with E-state index in [0.29, 0.717) is 11.4 Å². The van der Waals surface area contributed by atoms with Gasteiger partial charge in [-0.05, 0) is 52.9 Å². The molecule has 0 heterocycles. The van der Waals surface area contributed by atoms with Crippen molar-refractivity contribution in [2.24, 2.45) is 0 Å². The first-order valence-electron chi connectivity index (χ1n) is 5.22. The Kier molecular flexibility index (Phi) is 3.71. The van der Waals surface area contributed by atoms with Crippen LogP contribution in [0.2, 0.25) is 0 Å². The maximum atomic E-state index is 11.1. The number of anilines is 3. The number of nitrogen functional groups attached to an aromatic ring is 1. The lowest BCUT2D eigenvalue weighted by molar-refractivity contribution is 0.0698. The number of carboxylic acids is 1. The van der Waals surface area contributed by atoms with Crippen LogP contribution >= 0.6 is 22.6 Å². The van der Waals surface area contributed by atoms with Gasteiger partial charge in [0.05, 0.1) is 16.9 Å². The summed E-state index contributed by atoms with van der Waals surface area (Å²) in [5.41, 5.74) is 7.62. The van der Waals surface area contributed by atoms with Crippen molar-refractivity contribution in [3.05, 3.63) is 51.6 Å². The fraction of sp³-hybridized carbons (Fsp3) is 0. The van der Waals surface area contributed by atoms with E-state index in [1.165, 1.54) is 6.07 Å². The van der Waals surface area contributed by atoms with Gasteiger partial charge in [0.2, 0.25) is 0 Å². The van der Waals surface area contributed by atoms with Crippen LogP contribution in [-0.4, -0.2) is 11.1 Å². The molecular weight excluding hydrogens is 343 g/mol. The molecule has 18 heavy (non-hydrogen) atoms. The molecule has 0 aromatic heterocycles. The Bertz CT molecular complexity index is 599. The van der Waals surface area contributed by atoms with Crippen LogP contribution < -0.4 is 11.1 Å². The standard InChI is InChI=1S/C13H11IN2O2/c14-8-3-1-4-9(7-8)16-12-10(13(17)18)5-2-6-11(12)15/h1-7,16H,15H2,(H,17,18). The number of hydrogen-bond acceptors (Lipinski definition) is 3. The smallest absolute Gasteiger partial charge is 0.337 e. The van der Waals surface area contributed by atoms with Gasteiger partial charge >= 0.3 is 5.97 Å². The number of carboxylic acid groups (broad SMARTS) is 1. The van der Waals surface area contributed by atoms with Gasteiger partial charge in [-0.1, -0.05) is 12.1 Å². The van der Waals surface area contributed by atoms with Crippen molar-refractivity contribution in [1.82, 2.24) is 0 Å². The summed E-state index contributed by atoms with van der Waals surface area (Å²) < 4.78 is 1.06. The van der Waals surface area contributed by atoms with Crippen LogP contribution in [0.5, 0.6) is 0 Å². The van der Waals surface area contributed by atoms with E-state index in [4.69, 9.17) is 10.8 Å². The van der Waals surface area contributed by atoms with E-state index >= 15 is 0 Å². The van der Waals surface area contributed by atoms with Gasteiger partial charge in [0, 0.05) is 9.26 Å². The summed E-state index contributed by atoms with van der Waals surface area (Å²) in [6, 6.07) is 12.4. The van der Waals surface area contributed by atoms with E-state index in [2.05, 4.69) is 27.9 Å². The number of hydrogen-bond donors (Lipinski definition) is 3. The molecule has 0 radical (unpaired) electrons. The Morgan fingerprint density at radius 1 is 1.22 bits per heavy atom. The van der Waals surface area contributed by atoms with Gasteiger partial charge in [-0.3, -0.25) is 0 Å². The average molecular weight is 354 g/mol. The molecule has 0 aliphatic heterocycles. The van der Waals surface area contributed by atoms with Crippen LogP contribution in [0, 0.1) is 3.57 Å². The summed E-state index contributed by atoms with van der Waals surface area (Å²) in [7, 11) is 0. The number of nitrogens with two attached hydrogens (primary N) is 1. The first-order valence-corrected chi connectivity index (χ1v) is 6.30. The minimum Gasteiger partial charge on any atom is -0.478 e. The van der Waals surface area contributed by atoms with Gasteiger partial charge in [-0.2, -0.15) is 0 Å². The third-order valence-electron chi connectivity index (χ3n) is 2.42. The van der Waals surface area contributed by atoms with Crippen LogP contribution in [0.1, 0.15) is 10.4 Å². The molecule has 2 rings (SSSR count). The molecular formula is C13H11IN2O2. The van der Waals surface area contributed by atoms with Crippen molar-refractivity contribution in [3.63, 3.8) is 0 Å². The highest BCUT2D eigenvalue weighted by Crippen LogP contribution is 2.27. The van der Waals surface area contributed by atoms with E-state index in [1.807, 2.05) is 24.3 Å². The second-order valence-electron chi connectivity index (χ2n) is 3.71. The highest BCUT2D eigenvalue weighted by Gasteiger charge is 2.12. The Hall–Kier alpha value is -1.76. The lowest BCUT2D eigenvalue weighted by atomic mass is 10.1. The van der Waals surface area contributed by atoms with E-state index < -0.39 is 5.97 Å². The molecule has 2 aromatic rings. The van der Waals surface area contributed by atoms with E-state index in [1.54, 1.807) is 12.1 Å². The molecule has 0 aliphatic rings. The first-order chi connectivity index (χ1) is 8.58. The normalized spacial score (nSPS) is 10.1. The number of nitrogens with one attached hydrogen (secondary N) is 1. The molecule has 5 heteroatoms. The fourth-order valence-corrected chi connectivity index (χ4v) is 2.14. The number of benzene rings is 2. The van der Waals surface area contributed by atoms with Crippen LogP contribution in [0.4, 0.5) is 17.1 Å². The Morgan fingerprint density at radius 3 is 2.61 bits per heavy atom. The maximum absolute atomic E-state index is 11.1. The molecule has 92 valence electrons. The largest absolute Gasteiger partial charge is 0.478 e. The lowest BCUT2D eigenvalue weighted by Gasteiger charge is -2.12. The van der Waals surface area contributed by atoms with Crippen molar-refractivity contribution >= 4 is 45.6 Å². The quantitative estimate of drug-likeness (QED) is 0.584. The van der Waals surface area contributed by atoms with E-state index in [-0.39, 0.29) is 5.56 Å². The predicted molar refractivity (Wildman–Crippen MR) is 80.3 cm³/mol. The summed E-state index contributed by atoms with van der Waals surface area (Å²) in [6.07, 6.45) is 0. The van der Waals surface area contributed by atoms with Crippen molar-refractivity contribution in [1.29, 1.82) is 0 Å². The molecule has 0 unspecified atom stereocenters. The van der Waals surface area contributed by atoms with Gasteiger partial charge in [-0.25, -0.2) is 4.79 Å². The highest BCUT2D eigenvalue weighted by atomic mass is 127. The summed E-state index contributed by atoms with van der Waals surface area (Å²) in [5, 5.41) is 12.2. The molecule has 0 fully saturated rings. The molecule has 0 bridgehead atoms. The average Bonchev–Trinajstić information content (AvgIpc) is 2.31. The van der Waals surface area contributed by atoms with Crippen LogP contribution in [0.25, 0.3) is 0 Å². The summed E-state index contributed by atoms with van der Waals surface area (Å²) in [5.74, 6) is -1.00. The number of aromatic carboxylic acids is 1. The van der Waals surface area contributed by atoms with Gasteiger partial charge in [0.15, 0.2) is 0 Å². The summed E-state index contributed by atoms with van der Waals surface area (Å²) >= 11 is 2.19. The van der Waals surface area contributed by atoms with Crippen molar-refractivity contribution in [2.45, 2.75) is 0 Å². The minimum absolute atomic E-state index is 0.161. The van der Waals surface area contributed by atoms with Crippen LogP contribution in [-0.2, 0) is 0 Å². The Morgan fingerprint density at radius 2 is 1.94 bits per heavy atom. The zero-order valence-electron chi connectivity index (χ0n) is 9.35. The predicted octanol–water partition coefficient (Wildman–Crippen LogP) is 3.32. The molecule has 0 saturated heterocycles. The van der Waals surface area contributed by atoms with Gasteiger partial charge in [0.1, 0.15) is 0 Å². The summed E-state index contributed by atoms with van der Waals surface area (Å²) in [4.78, 5) is 11.1. The minimum atomic E-state index is -1.00. The van der Waals surface area contributed by atoms with Crippen LogP contribution in [0.3, 0.4) is 0 Å². The van der Waals surface area contributed by atoms with Crippen molar-refractivity contribution in [2.75, 3.05) is 11.1 Å². The second kappa shape index (κ2) is 5.26. The topological polar surface area (TPSA) is 75.4 Å². The zero-order valence-corrected chi connectivity index (χ0v) is 11.5. The Labute approximate surface area is 118 Å². The third-order valence-corrected chi connectivity index (χ3v) is 3.09. The Balaban J connectivity index is 2.42. The molecule has 0 aliphatic carbocycles. The third kappa shape index (κ3) is 2.73. The van der Waals surface area contributed by atoms with E-state index in [9.17, 15) is 4.79 Å². The maximum Gasteiger partial charge on any atom is 0.337 e. The summed E-state index contributed by atoms with van der Waals surface area (Å²) in [6.45, 7) is 0. The SMILES string of the molecule is Nc1cccc(C(=O)O)c1Nc1cccc(I)c1. The molecule has 4 N–H and O–H groups in total. The molecule has 0 atom stereocenters. The highest BCUT2D eigenvalue weighted by molar-refractivity contribution is 14.1. The van der Waals surface area contributed by atoms with Crippen molar-refractivity contribution in [3.8, 4) is 0 Å². The monoisotopic (exact) mass is 354 g/mol.